The number of aliphatic hydroxyl groups is 1. The number of anilines is 1. The van der Waals surface area contributed by atoms with E-state index in [1.165, 1.54) is 0 Å². The number of rotatable bonds is 5. The molecule has 2 aromatic rings. The second kappa shape index (κ2) is 8.87. The molecule has 10 heteroatoms. The first-order chi connectivity index (χ1) is 13.8. The zero-order valence-electron chi connectivity index (χ0n) is 16.0. The standard InChI is InChI=1S/C19H22ClF2N5O2/c1-10(9-28)24-18-23-7-12-3-4-27(8-17(12)26-18)19(29)25-11(2)13-5-16(22)14(20)6-15(13)21/h5-7,10-11,28H,3-4,8-9H2,1-2H3,(H,25,29)(H,23,24,26). The molecule has 0 spiro atoms. The van der Waals surface area contributed by atoms with E-state index in [2.05, 4.69) is 20.6 Å². The lowest BCUT2D eigenvalue weighted by Gasteiger charge is -2.29. The van der Waals surface area contributed by atoms with Crippen molar-refractivity contribution in [3.63, 3.8) is 0 Å². The smallest absolute Gasteiger partial charge is 0.318 e. The van der Waals surface area contributed by atoms with Crippen molar-refractivity contribution in [2.24, 2.45) is 0 Å². The van der Waals surface area contributed by atoms with Crippen LogP contribution in [0, 0.1) is 11.6 Å². The number of halogens is 3. The van der Waals surface area contributed by atoms with E-state index in [1.807, 2.05) is 0 Å². The van der Waals surface area contributed by atoms with Gasteiger partial charge in [-0.2, -0.15) is 0 Å². The van der Waals surface area contributed by atoms with Crippen molar-refractivity contribution < 1.29 is 18.7 Å². The van der Waals surface area contributed by atoms with Crippen molar-refractivity contribution in [2.45, 2.75) is 38.9 Å². The van der Waals surface area contributed by atoms with Gasteiger partial charge in [0.25, 0.3) is 0 Å². The largest absolute Gasteiger partial charge is 0.394 e. The van der Waals surface area contributed by atoms with Crippen molar-refractivity contribution in [1.82, 2.24) is 20.2 Å². The van der Waals surface area contributed by atoms with Crippen LogP contribution in [-0.2, 0) is 13.0 Å². The zero-order chi connectivity index (χ0) is 21.1. The van der Waals surface area contributed by atoms with E-state index in [1.54, 1.807) is 24.9 Å². The molecule has 29 heavy (non-hydrogen) atoms. The van der Waals surface area contributed by atoms with Crippen LogP contribution in [-0.4, -0.2) is 45.2 Å². The summed E-state index contributed by atoms with van der Waals surface area (Å²) in [4.78, 5) is 22.8. The maximum atomic E-state index is 14.1. The Balaban J connectivity index is 1.69. The molecule has 1 aromatic heterocycles. The number of hydrogen-bond acceptors (Lipinski definition) is 5. The van der Waals surface area contributed by atoms with E-state index < -0.39 is 23.7 Å². The summed E-state index contributed by atoms with van der Waals surface area (Å²) in [6, 6.07) is 0.525. The Hall–Kier alpha value is -2.52. The van der Waals surface area contributed by atoms with E-state index >= 15 is 0 Å². The highest BCUT2D eigenvalue weighted by Crippen LogP contribution is 2.24. The van der Waals surface area contributed by atoms with Crippen LogP contribution in [0.3, 0.4) is 0 Å². The molecular weight excluding hydrogens is 404 g/mol. The number of carbonyl (C=O) groups excluding carboxylic acids is 1. The fourth-order valence-electron chi connectivity index (χ4n) is 3.04. The maximum absolute atomic E-state index is 14.1. The number of aliphatic hydroxyl groups excluding tert-OH is 1. The van der Waals surface area contributed by atoms with Gasteiger partial charge in [0.1, 0.15) is 11.6 Å². The van der Waals surface area contributed by atoms with E-state index in [-0.39, 0.29) is 29.8 Å². The van der Waals surface area contributed by atoms with Crippen LogP contribution < -0.4 is 10.6 Å². The van der Waals surface area contributed by atoms with Gasteiger partial charge in [-0.3, -0.25) is 0 Å². The predicted octanol–water partition coefficient (Wildman–Crippen LogP) is 3.03. The van der Waals surface area contributed by atoms with Gasteiger partial charge in [-0.25, -0.2) is 23.5 Å². The third-order valence-electron chi connectivity index (χ3n) is 4.73. The lowest BCUT2D eigenvalue weighted by molar-refractivity contribution is 0.188. The molecule has 2 amide bonds. The van der Waals surface area contributed by atoms with Gasteiger partial charge in [-0.05, 0) is 38.0 Å². The number of urea groups is 1. The topological polar surface area (TPSA) is 90.4 Å². The molecule has 0 radical (unpaired) electrons. The third-order valence-corrected chi connectivity index (χ3v) is 5.02. The van der Waals surface area contributed by atoms with Gasteiger partial charge < -0.3 is 20.6 Å². The highest BCUT2D eigenvalue weighted by atomic mass is 35.5. The predicted molar refractivity (Wildman–Crippen MR) is 105 cm³/mol. The van der Waals surface area contributed by atoms with Crippen molar-refractivity contribution in [2.75, 3.05) is 18.5 Å². The van der Waals surface area contributed by atoms with Gasteiger partial charge in [0, 0.05) is 24.3 Å². The van der Waals surface area contributed by atoms with Crippen LogP contribution >= 0.6 is 11.6 Å². The average Bonchev–Trinajstić information content (AvgIpc) is 2.69. The van der Waals surface area contributed by atoms with Gasteiger partial charge in [0.2, 0.25) is 5.95 Å². The Morgan fingerprint density at radius 2 is 2.10 bits per heavy atom. The maximum Gasteiger partial charge on any atom is 0.318 e. The van der Waals surface area contributed by atoms with Crippen LogP contribution in [0.4, 0.5) is 19.5 Å². The monoisotopic (exact) mass is 425 g/mol. The highest BCUT2D eigenvalue weighted by Gasteiger charge is 2.25. The van der Waals surface area contributed by atoms with E-state index in [0.717, 1.165) is 17.7 Å². The van der Waals surface area contributed by atoms with Gasteiger partial charge >= 0.3 is 6.03 Å². The van der Waals surface area contributed by atoms with Crippen molar-refractivity contribution >= 4 is 23.6 Å². The van der Waals surface area contributed by atoms with E-state index in [4.69, 9.17) is 16.7 Å². The number of nitrogens with zero attached hydrogens (tertiary/aromatic N) is 3. The number of benzene rings is 1. The molecule has 0 saturated heterocycles. The highest BCUT2D eigenvalue weighted by molar-refractivity contribution is 6.30. The number of amides is 2. The molecule has 156 valence electrons. The van der Waals surface area contributed by atoms with Crippen LogP contribution in [0.5, 0.6) is 0 Å². The number of fused-ring (bicyclic) bond motifs is 1. The molecule has 2 heterocycles. The molecule has 3 N–H and O–H groups in total. The summed E-state index contributed by atoms with van der Waals surface area (Å²) >= 11 is 5.58. The minimum atomic E-state index is -0.747. The molecule has 2 atom stereocenters. The molecule has 3 rings (SSSR count). The Labute approximate surface area is 172 Å². The Morgan fingerprint density at radius 3 is 2.83 bits per heavy atom. The van der Waals surface area contributed by atoms with Crippen LogP contribution in [0.15, 0.2) is 18.3 Å². The molecule has 1 aliphatic rings. The first-order valence-electron chi connectivity index (χ1n) is 9.20. The van der Waals surface area contributed by atoms with Gasteiger partial charge in [-0.15, -0.1) is 0 Å². The Kier molecular flexibility index (Phi) is 6.49. The molecule has 1 aliphatic heterocycles. The molecular formula is C19H22ClF2N5O2. The lowest BCUT2D eigenvalue weighted by atomic mass is 10.1. The lowest BCUT2D eigenvalue weighted by Crippen LogP contribution is -2.44. The first-order valence-corrected chi connectivity index (χ1v) is 9.58. The summed E-state index contributed by atoms with van der Waals surface area (Å²) in [5.74, 6) is -1.06. The van der Waals surface area contributed by atoms with Gasteiger partial charge in [0.15, 0.2) is 0 Å². The Bertz CT molecular complexity index is 914. The summed E-state index contributed by atoms with van der Waals surface area (Å²) in [5, 5.41) is 14.5. The van der Waals surface area contributed by atoms with Gasteiger partial charge in [-0.1, -0.05) is 11.6 Å². The summed E-state index contributed by atoms with van der Waals surface area (Å²) < 4.78 is 27.8. The van der Waals surface area contributed by atoms with Crippen molar-refractivity contribution in [3.8, 4) is 0 Å². The summed E-state index contributed by atoms with van der Waals surface area (Å²) in [6.07, 6.45) is 2.29. The minimum Gasteiger partial charge on any atom is -0.394 e. The summed E-state index contributed by atoms with van der Waals surface area (Å²) in [6.45, 7) is 4.02. The summed E-state index contributed by atoms with van der Waals surface area (Å²) in [5.41, 5.74) is 1.66. The first kappa shape index (κ1) is 21.2. The number of carbonyl (C=O) groups is 1. The molecule has 0 aliphatic carbocycles. The molecule has 0 fully saturated rings. The second-order valence-electron chi connectivity index (χ2n) is 7.02. The fourth-order valence-corrected chi connectivity index (χ4v) is 3.19. The third kappa shape index (κ3) is 4.91. The molecule has 2 unspecified atom stereocenters. The minimum absolute atomic E-state index is 0.0180. The Morgan fingerprint density at radius 1 is 1.34 bits per heavy atom. The second-order valence-corrected chi connectivity index (χ2v) is 7.43. The SMILES string of the molecule is CC(CO)Nc1ncc2c(n1)CN(C(=O)NC(C)c1cc(F)c(Cl)cc1F)CC2. The quantitative estimate of drug-likeness (QED) is 0.640. The van der Waals surface area contributed by atoms with Crippen LogP contribution in [0.2, 0.25) is 5.02 Å². The van der Waals surface area contributed by atoms with Crippen molar-refractivity contribution in [1.29, 1.82) is 0 Å². The summed E-state index contributed by atoms with van der Waals surface area (Å²) in [7, 11) is 0. The normalized spacial score (nSPS) is 15.4. The van der Waals surface area contributed by atoms with Crippen molar-refractivity contribution in [3.05, 3.63) is 51.8 Å². The molecule has 7 nitrogen and oxygen atoms in total. The molecule has 0 saturated carbocycles. The number of hydrogen-bond donors (Lipinski definition) is 3. The average molecular weight is 426 g/mol. The molecule has 1 aromatic carbocycles. The van der Waals surface area contributed by atoms with E-state index in [9.17, 15) is 13.6 Å². The fraction of sp³-hybridized carbons (Fsp3) is 0.421. The van der Waals surface area contributed by atoms with Crippen LogP contribution in [0.25, 0.3) is 0 Å². The van der Waals surface area contributed by atoms with Gasteiger partial charge in [0.05, 0.1) is 29.9 Å². The van der Waals surface area contributed by atoms with Crippen LogP contribution in [0.1, 0.15) is 36.7 Å². The molecule has 0 bridgehead atoms. The zero-order valence-corrected chi connectivity index (χ0v) is 16.8. The van der Waals surface area contributed by atoms with E-state index in [0.29, 0.717) is 24.6 Å². The number of nitrogens with one attached hydrogen (secondary N) is 2. The number of aromatic nitrogens is 2.